The van der Waals surface area contributed by atoms with Gasteiger partial charge in [0.05, 0.1) is 12.0 Å². The van der Waals surface area contributed by atoms with Crippen LogP contribution in [0.5, 0.6) is 5.75 Å². The molecule has 0 radical (unpaired) electrons. The van der Waals surface area contributed by atoms with Crippen LogP contribution in [0, 0.1) is 5.92 Å². The minimum atomic E-state index is -0.563. The van der Waals surface area contributed by atoms with Crippen molar-refractivity contribution in [3.05, 3.63) is 52.2 Å². The maximum absolute atomic E-state index is 13.4. The van der Waals surface area contributed by atoms with E-state index in [-0.39, 0.29) is 23.6 Å². The van der Waals surface area contributed by atoms with Crippen LogP contribution in [-0.4, -0.2) is 66.9 Å². The van der Waals surface area contributed by atoms with E-state index in [2.05, 4.69) is 5.32 Å². The lowest BCUT2D eigenvalue weighted by atomic mass is 9.87. The van der Waals surface area contributed by atoms with Gasteiger partial charge in [-0.05, 0) is 67.7 Å². The summed E-state index contributed by atoms with van der Waals surface area (Å²) in [6.07, 6.45) is 4.49. The maximum atomic E-state index is 13.4. The van der Waals surface area contributed by atoms with Crippen molar-refractivity contribution in [2.24, 2.45) is 5.92 Å². The predicted molar refractivity (Wildman–Crippen MR) is 128 cm³/mol. The van der Waals surface area contributed by atoms with Crippen LogP contribution in [0.3, 0.4) is 0 Å². The number of nitrogens with zero attached hydrogens (tertiary/aromatic N) is 2. The highest BCUT2D eigenvalue weighted by Crippen LogP contribution is 2.26. The number of hydrogen-bond acceptors (Lipinski definition) is 5. The number of carbonyl (C=O) groups excluding carboxylic acids is 3. The molecular weight excluding hydrogens is 438 g/mol. The minimum absolute atomic E-state index is 0.00213. The number of rotatable bonds is 6. The summed E-state index contributed by atoms with van der Waals surface area (Å²) in [5.74, 6) is 0.429. The Morgan fingerprint density at radius 2 is 1.76 bits per heavy atom. The van der Waals surface area contributed by atoms with Crippen LogP contribution in [0.15, 0.2) is 41.8 Å². The van der Waals surface area contributed by atoms with Gasteiger partial charge in [-0.25, -0.2) is 0 Å². The Morgan fingerprint density at radius 3 is 2.42 bits per heavy atom. The number of benzene rings is 1. The summed E-state index contributed by atoms with van der Waals surface area (Å²) < 4.78 is 5.24. The van der Waals surface area contributed by atoms with Gasteiger partial charge in [-0.15, -0.1) is 11.3 Å². The summed E-state index contributed by atoms with van der Waals surface area (Å²) in [5, 5.41) is 4.90. The van der Waals surface area contributed by atoms with Gasteiger partial charge in [-0.1, -0.05) is 12.1 Å². The van der Waals surface area contributed by atoms with Crippen molar-refractivity contribution in [2.45, 2.75) is 38.1 Å². The Morgan fingerprint density at radius 1 is 1.00 bits per heavy atom. The molecule has 0 saturated carbocycles. The Kier molecular flexibility index (Phi) is 7.65. The first kappa shape index (κ1) is 23.3. The number of carbonyl (C=O) groups is 3. The second-order valence-corrected chi connectivity index (χ2v) is 9.62. The molecule has 4 rings (SSSR count). The number of hydrogen-bond donors (Lipinski definition) is 1. The van der Waals surface area contributed by atoms with E-state index in [0.29, 0.717) is 42.1 Å². The summed E-state index contributed by atoms with van der Waals surface area (Å²) in [6, 6.07) is 10.2. The number of likely N-dealkylation sites (tertiary alicyclic amines) is 2. The minimum Gasteiger partial charge on any atom is -0.497 e. The first-order chi connectivity index (χ1) is 16.1. The first-order valence-corrected chi connectivity index (χ1v) is 12.5. The molecule has 3 heterocycles. The van der Waals surface area contributed by atoms with Crippen molar-refractivity contribution in [1.82, 2.24) is 15.1 Å². The largest absolute Gasteiger partial charge is 0.497 e. The molecule has 1 aromatic heterocycles. The van der Waals surface area contributed by atoms with E-state index in [1.807, 2.05) is 33.4 Å². The number of amides is 3. The molecule has 1 atom stereocenters. The molecule has 8 heteroatoms. The highest BCUT2D eigenvalue weighted by molar-refractivity contribution is 7.12. The second kappa shape index (κ2) is 10.8. The van der Waals surface area contributed by atoms with Crippen LogP contribution in [0.2, 0.25) is 0 Å². The van der Waals surface area contributed by atoms with Crippen LogP contribution >= 0.6 is 11.3 Å². The molecule has 0 aliphatic carbocycles. The number of nitrogens with one attached hydrogen (secondary N) is 1. The summed E-state index contributed by atoms with van der Waals surface area (Å²) in [7, 11) is 1.58. The van der Waals surface area contributed by atoms with Gasteiger partial charge in [0.1, 0.15) is 11.8 Å². The fraction of sp³-hybridized carbons (Fsp3) is 0.480. The number of ether oxygens (including phenoxy) is 1. The zero-order valence-corrected chi connectivity index (χ0v) is 19.8. The van der Waals surface area contributed by atoms with Crippen molar-refractivity contribution >= 4 is 29.1 Å². The molecule has 1 aromatic carbocycles. The molecule has 1 N–H and O–H groups in total. The lowest BCUT2D eigenvalue weighted by Crippen LogP contribution is -2.55. The van der Waals surface area contributed by atoms with Crippen molar-refractivity contribution in [2.75, 3.05) is 33.3 Å². The molecule has 1 unspecified atom stereocenters. The normalized spacial score (nSPS) is 18.0. The maximum Gasteiger partial charge on any atom is 0.262 e. The average Bonchev–Trinajstić information content (AvgIpc) is 3.42. The standard InChI is InChI=1S/C25H31N3O4S/c1-32-20-8-5-7-19(17-20)24(30)28-14-10-18(11-15-28)22(25(31)27-12-3-2-4-13-27)26-23(29)21-9-6-16-33-21/h5-9,16-18,22H,2-4,10-15H2,1H3,(H,26,29). The van der Waals surface area contributed by atoms with Crippen molar-refractivity contribution in [1.29, 1.82) is 0 Å². The molecule has 176 valence electrons. The number of piperidine rings is 2. The zero-order valence-electron chi connectivity index (χ0n) is 19.0. The topological polar surface area (TPSA) is 79.0 Å². The molecule has 33 heavy (non-hydrogen) atoms. The van der Waals surface area contributed by atoms with Gasteiger partial charge in [-0.2, -0.15) is 0 Å². The average molecular weight is 470 g/mol. The SMILES string of the molecule is COc1cccc(C(=O)N2CCC(C(NC(=O)c3cccs3)C(=O)N3CCCCC3)CC2)c1. The van der Waals surface area contributed by atoms with Crippen LogP contribution in [0.1, 0.15) is 52.1 Å². The first-order valence-electron chi connectivity index (χ1n) is 11.6. The fourth-order valence-corrected chi connectivity index (χ4v) is 5.31. The van der Waals surface area contributed by atoms with E-state index >= 15 is 0 Å². The van der Waals surface area contributed by atoms with Gasteiger partial charge in [-0.3, -0.25) is 14.4 Å². The highest BCUT2D eigenvalue weighted by atomic mass is 32.1. The number of methoxy groups -OCH3 is 1. The summed E-state index contributed by atoms with van der Waals surface area (Å²) in [4.78, 5) is 43.6. The molecule has 7 nitrogen and oxygen atoms in total. The molecule has 2 saturated heterocycles. The van der Waals surface area contributed by atoms with E-state index in [1.54, 1.807) is 25.3 Å². The Hall–Kier alpha value is -2.87. The van der Waals surface area contributed by atoms with Gasteiger partial charge in [0, 0.05) is 31.7 Å². The van der Waals surface area contributed by atoms with Gasteiger partial charge < -0.3 is 19.9 Å². The molecular formula is C25H31N3O4S. The van der Waals surface area contributed by atoms with E-state index in [1.165, 1.54) is 11.3 Å². The molecule has 2 aromatic rings. The summed E-state index contributed by atoms with van der Waals surface area (Å²) >= 11 is 1.37. The second-order valence-electron chi connectivity index (χ2n) is 8.68. The lowest BCUT2D eigenvalue weighted by Gasteiger charge is -2.38. The third-order valence-corrected chi connectivity index (χ3v) is 7.45. The van der Waals surface area contributed by atoms with Crippen LogP contribution < -0.4 is 10.1 Å². The predicted octanol–water partition coefficient (Wildman–Crippen LogP) is 3.42. The van der Waals surface area contributed by atoms with E-state index in [0.717, 1.165) is 32.4 Å². The molecule has 3 amide bonds. The lowest BCUT2D eigenvalue weighted by molar-refractivity contribution is -0.136. The Labute approximate surface area is 198 Å². The monoisotopic (exact) mass is 469 g/mol. The van der Waals surface area contributed by atoms with Crippen LogP contribution in [0.25, 0.3) is 0 Å². The molecule has 2 aliphatic rings. The number of thiophene rings is 1. The van der Waals surface area contributed by atoms with E-state index in [9.17, 15) is 14.4 Å². The van der Waals surface area contributed by atoms with Crippen molar-refractivity contribution in [3.8, 4) is 5.75 Å². The molecule has 0 bridgehead atoms. The third-order valence-electron chi connectivity index (χ3n) is 6.58. The van der Waals surface area contributed by atoms with Gasteiger partial charge in [0.25, 0.3) is 11.8 Å². The van der Waals surface area contributed by atoms with Crippen molar-refractivity contribution < 1.29 is 19.1 Å². The quantitative estimate of drug-likeness (QED) is 0.703. The smallest absolute Gasteiger partial charge is 0.262 e. The van der Waals surface area contributed by atoms with E-state index in [4.69, 9.17) is 4.74 Å². The summed E-state index contributed by atoms with van der Waals surface area (Å²) in [5.41, 5.74) is 0.597. The van der Waals surface area contributed by atoms with Gasteiger partial charge in [0.15, 0.2) is 0 Å². The Balaban J connectivity index is 1.44. The summed E-state index contributed by atoms with van der Waals surface area (Å²) in [6.45, 7) is 2.60. The highest BCUT2D eigenvalue weighted by Gasteiger charge is 2.36. The van der Waals surface area contributed by atoms with E-state index < -0.39 is 6.04 Å². The Bertz CT molecular complexity index is 964. The van der Waals surface area contributed by atoms with Crippen LogP contribution in [-0.2, 0) is 4.79 Å². The molecule has 2 fully saturated rings. The zero-order chi connectivity index (χ0) is 23.2. The molecule has 0 spiro atoms. The van der Waals surface area contributed by atoms with Gasteiger partial charge in [0.2, 0.25) is 5.91 Å². The van der Waals surface area contributed by atoms with Crippen molar-refractivity contribution in [3.63, 3.8) is 0 Å². The third kappa shape index (κ3) is 5.55. The van der Waals surface area contributed by atoms with Crippen LogP contribution in [0.4, 0.5) is 0 Å². The van der Waals surface area contributed by atoms with Gasteiger partial charge >= 0.3 is 0 Å². The molecule has 2 aliphatic heterocycles. The fourth-order valence-electron chi connectivity index (χ4n) is 4.69.